The summed E-state index contributed by atoms with van der Waals surface area (Å²) in [5, 5.41) is 5.91. The molecule has 4 aromatic rings. The summed E-state index contributed by atoms with van der Waals surface area (Å²) in [5.41, 5.74) is 3.87. The Morgan fingerprint density at radius 1 is 0.902 bits per heavy atom. The van der Waals surface area contributed by atoms with Gasteiger partial charge in [0.1, 0.15) is 10.3 Å². The highest BCUT2D eigenvalue weighted by Gasteiger charge is 2.29. The van der Waals surface area contributed by atoms with Crippen LogP contribution in [0.4, 0.5) is 10.7 Å². The van der Waals surface area contributed by atoms with Crippen molar-refractivity contribution in [3.63, 3.8) is 0 Å². The molecule has 0 aliphatic heterocycles. The molecule has 2 amide bonds. The second kappa shape index (κ2) is 13.5. The summed E-state index contributed by atoms with van der Waals surface area (Å²) in [6.45, 7) is 0. The average Bonchev–Trinajstić information content (AvgIpc) is 3.37. The van der Waals surface area contributed by atoms with Crippen molar-refractivity contribution in [2.75, 3.05) is 17.7 Å². The predicted octanol–water partition coefficient (Wildman–Crippen LogP) is 7.54. The first kappa shape index (κ1) is 28.4. The molecule has 1 heterocycles. The summed E-state index contributed by atoms with van der Waals surface area (Å²) < 4.78 is 5.08. The number of anilines is 2. The number of esters is 1. The number of thiophene rings is 1. The van der Waals surface area contributed by atoms with E-state index in [0.717, 1.165) is 52.1 Å². The van der Waals surface area contributed by atoms with Crippen LogP contribution < -0.4 is 10.6 Å². The van der Waals surface area contributed by atoms with E-state index in [2.05, 4.69) is 10.6 Å². The molecule has 2 N–H and O–H groups in total. The van der Waals surface area contributed by atoms with E-state index in [1.807, 2.05) is 84.9 Å². The molecule has 5 rings (SSSR count). The van der Waals surface area contributed by atoms with Crippen molar-refractivity contribution < 1.29 is 19.1 Å². The fourth-order valence-electron chi connectivity index (χ4n) is 4.75. The first-order chi connectivity index (χ1) is 20.0. The Labute approximate surface area is 247 Å². The zero-order chi connectivity index (χ0) is 28.6. The molecule has 41 heavy (non-hydrogen) atoms. The Hall–Kier alpha value is -4.14. The SMILES string of the molecule is COC(=O)c1c(NC(=O)C(Sc2cccc(NC(=O)/C=C/c3ccccc3)c2)c2ccccc2)sc2c1CCCC2. The Bertz CT molecular complexity index is 1560. The molecule has 0 radical (unpaired) electrons. The van der Waals surface area contributed by atoms with Gasteiger partial charge in [-0.1, -0.05) is 66.7 Å². The highest BCUT2D eigenvalue weighted by Crippen LogP contribution is 2.41. The summed E-state index contributed by atoms with van der Waals surface area (Å²) in [7, 11) is 1.37. The minimum atomic E-state index is -0.593. The molecule has 3 aromatic carbocycles. The molecule has 0 saturated carbocycles. The molecular weight excluding hydrogens is 553 g/mol. The smallest absolute Gasteiger partial charge is 0.341 e. The Balaban J connectivity index is 1.36. The second-order valence-corrected chi connectivity index (χ2v) is 11.8. The van der Waals surface area contributed by atoms with E-state index in [-0.39, 0.29) is 11.8 Å². The van der Waals surface area contributed by atoms with Crippen LogP contribution in [0.3, 0.4) is 0 Å². The molecule has 6 nitrogen and oxygen atoms in total. The van der Waals surface area contributed by atoms with E-state index in [1.165, 1.54) is 36.3 Å². The van der Waals surface area contributed by atoms with E-state index < -0.39 is 11.2 Å². The molecular formula is C33H30N2O4S2. The van der Waals surface area contributed by atoms with Crippen molar-refractivity contribution >= 4 is 57.6 Å². The Morgan fingerprint density at radius 3 is 2.39 bits per heavy atom. The maximum absolute atomic E-state index is 13.8. The third-order valence-electron chi connectivity index (χ3n) is 6.72. The number of carbonyl (C=O) groups is 3. The lowest BCUT2D eigenvalue weighted by Crippen LogP contribution is -2.20. The standard InChI is InChI=1S/C33H30N2O4S2/c1-39-33(38)29-26-17-8-9-18-27(26)41-32(29)35-31(37)30(23-13-6-3-7-14-23)40-25-16-10-15-24(21-25)34-28(36)20-19-22-11-4-2-5-12-22/h2-7,10-16,19-21,30H,8-9,17-18H2,1H3,(H,34,36)(H,35,37)/b20-19+. The van der Waals surface area contributed by atoms with E-state index in [1.54, 1.807) is 6.08 Å². The summed E-state index contributed by atoms with van der Waals surface area (Å²) in [5.74, 6) is -0.899. The van der Waals surface area contributed by atoms with Crippen LogP contribution >= 0.6 is 23.1 Å². The van der Waals surface area contributed by atoms with Gasteiger partial charge in [0.05, 0.1) is 12.7 Å². The van der Waals surface area contributed by atoms with Crippen LogP contribution in [-0.4, -0.2) is 24.9 Å². The maximum atomic E-state index is 13.8. The van der Waals surface area contributed by atoms with Gasteiger partial charge in [-0.2, -0.15) is 0 Å². The lowest BCUT2D eigenvalue weighted by Gasteiger charge is -2.18. The van der Waals surface area contributed by atoms with E-state index in [9.17, 15) is 14.4 Å². The highest BCUT2D eigenvalue weighted by atomic mass is 32.2. The molecule has 0 bridgehead atoms. The Morgan fingerprint density at radius 2 is 1.63 bits per heavy atom. The lowest BCUT2D eigenvalue weighted by atomic mass is 9.95. The van der Waals surface area contributed by atoms with Crippen molar-refractivity contribution in [3.8, 4) is 0 Å². The minimum Gasteiger partial charge on any atom is -0.465 e. The van der Waals surface area contributed by atoms with Gasteiger partial charge in [-0.05, 0) is 66.6 Å². The first-order valence-corrected chi connectivity index (χ1v) is 15.1. The van der Waals surface area contributed by atoms with Gasteiger partial charge < -0.3 is 15.4 Å². The van der Waals surface area contributed by atoms with Crippen LogP contribution in [0.25, 0.3) is 6.08 Å². The van der Waals surface area contributed by atoms with Gasteiger partial charge in [0.15, 0.2) is 0 Å². The number of hydrogen-bond donors (Lipinski definition) is 2. The van der Waals surface area contributed by atoms with E-state index >= 15 is 0 Å². The van der Waals surface area contributed by atoms with Gasteiger partial charge in [-0.3, -0.25) is 9.59 Å². The van der Waals surface area contributed by atoms with Crippen LogP contribution in [0.15, 0.2) is 95.9 Å². The van der Waals surface area contributed by atoms with Gasteiger partial charge in [0.2, 0.25) is 11.8 Å². The third kappa shape index (κ3) is 7.14. The number of hydrogen-bond acceptors (Lipinski definition) is 6. The van der Waals surface area contributed by atoms with Gasteiger partial charge in [-0.25, -0.2) is 4.79 Å². The number of thioether (sulfide) groups is 1. The van der Waals surface area contributed by atoms with Crippen LogP contribution in [0.1, 0.15) is 50.0 Å². The fourth-order valence-corrected chi connectivity index (χ4v) is 7.12. The largest absolute Gasteiger partial charge is 0.465 e. The van der Waals surface area contributed by atoms with Crippen LogP contribution in [-0.2, 0) is 27.2 Å². The topological polar surface area (TPSA) is 84.5 Å². The lowest BCUT2D eigenvalue weighted by molar-refractivity contribution is -0.116. The number of fused-ring (bicyclic) bond motifs is 1. The minimum absolute atomic E-state index is 0.231. The molecule has 8 heteroatoms. The summed E-state index contributed by atoms with van der Waals surface area (Å²) in [4.78, 5) is 41.0. The van der Waals surface area contributed by atoms with Gasteiger partial charge >= 0.3 is 5.97 Å². The number of ether oxygens (including phenoxy) is 1. The predicted molar refractivity (Wildman–Crippen MR) is 167 cm³/mol. The van der Waals surface area contributed by atoms with Crippen LogP contribution in [0.2, 0.25) is 0 Å². The Kier molecular flexibility index (Phi) is 9.33. The van der Waals surface area contributed by atoms with Crippen LogP contribution in [0.5, 0.6) is 0 Å². The summed E-state index contributed by atoms with van der Waals surface area (Å²) in [6, 6.07) is 26.6. The van der Waals surface area contributed by atoms with E-state index in [0.29, 0.717) is 16.3 Å². The second-order valence-electron chi connectivity index (χ2n) is 9.57. The molecule has 208 valence electrons. The fraction of sp³-hybridized carbons (Fsp3) is 0.182. The van der Waals surface area contributed by atoms with Gasteiger partial charge in [-0.15, -0.1) is 23.1 Å². The zero-order valence-electron chi connectivity index (χ0n) is 22.6. The third-order valence-corrected chi connectivity index (χ3v) is 9.18. The van der Waals surface area contributed by atoms with Crippen molar-refractivity contribution in [2.45, 2.75) is 35.8 Å². The molecule has 1 aromatic heterocycles. The van der Waals surface area contributed by atoms with Gasteiger partial charge in [0.25, 0.3) is 0 Å². The number of rotatable bonds is 9. The molecule has 0 fully saturated rings. The average molecular weight is 583 g/mol. The van der Waals surface area contributed by atoms with E-state index in [4.69, 9.17) is 4.74 Å². The van der Waals surface area contributed by atoms with Crippen molar-refractivity contribution in [1.82, 2.24) is 0 Å². The summed E-state index contributed by atoms with van der Waals surface area (Å²) in [6.07, 6.45) is 7.04. The monoisotopic (exact) mass is 582 g/mol. The molecule has 1 aliphatic carbocycles. The van der Waals surface area contributed by atoms with Crippen molar-refractivity contribution in [1.29, 1.82) is 0 Å². The number of amides is 2. The molecule has 0 saturated heterocycles. The van der Waals surface area contributed by atoms with Crippen LogP contribution in [0, 0.1) is 0 Å². The first-order valence-electron chi connectivity index (χ1n) is 13.4. The van der Waals surface area contributed by atoms with Crippen molar-refractivity contribution in [3.05, 3.63) is 118 Å². The zero-order valence-corrected chi connectivity index (χ0v) is 24.2. The number of carbonyl (C=O) groups excluding carboxylic acids is 3. The van der Waals surface area contributed by atoms with Crippen molar-refractivity contribution in [2.24, 2.45) is 0 Å². The van der Waals surface area contributed by atoms with Gasteiger partial charge in [0, 0.05) is 21.5 Å². The molecule has 1 atom stereocenters. The molecule has 0 spiro atoms. The number of nitrogens with one attached hydrogen (secondary N) is 2. The summed E-state index contributed by atoms with van der Waals surface area (Å²) >= 11 is 2.85. The quantitative estimate of drug-likeness (QED) is 0.121. The number of methoxy groups -OCH3 is 1. The highest BCUT2D eigenvalue weighted by molar-refractivity contribution is 8.00. The normalized spacial score (nSPS) is 13.3. The maximum Gasteiger partial charge on any atom is 0.341 e. The number of benzene rings is 3. The molecule has 1 aliphatic rings. The molecule has 1 unspecified atom stereocenters. The number of aryl methyl sites for hydroxylation is 1.